The molecule has 0 spiro atoms. The van der Waals surface area contributed by atoms with E-state index in [2.05, 4.69) is 6.92 Å². The molecule has 15 heavy (non-hydrogen) atoms. The van der Waals surface area contributed by atoms with Crippen molar-refractivity contribution in [2.24, 2.45) is 17.4 Å². The summed E-state index contributed by atoms with van der Waals surface area (Å²) in [6, 6.07) is -0.140. The molecule has 0 aromatic heterocycles. The molecule has 3 unspecified atom stereocenters. The SMILES string of the molecule is CCC1CN(C(=O)C(C)N)CCC1N.Cl. The fourth-order valence-electron chi connectivity index (χ4n) is 1.97. The Hall–Kier alpha value is -0.320. The van der Waals surface area contributed by atoms with Gasteiger partial charge in [0.1, 0.15) is 0 Å². The highest BCUT2D eigenvalue weighted by atomic mass is 35.5. The smallest absolute Gasteiger partial charge is 0.239 e. The summed E-state index contributed by atoms with van der Waals surface area (Å²) in [5, 5.41) is 0. The van der Waals surface area contributed by atoms with Crippen LogP contribution in [0.3, 0.4) is 0 Å². The van der Waals surface area contributed by atoms with E-state index in [1.165, 1.54) is 0 Å². The predicted molar refractivity (Wildman–Crippen MR) is 63.9 cm³/mol. The molecular formula is C10H22ClN3O. The quantitative estimate of drug-likeness (QED) is 0.725. The molecule has 0 bridgehead atoms. The summed E-state index contributed by atoms with van der Waals surface area (Å²) in [4.78, 5) is 13.5. The van der Waals surface area contributed by atoms with Gasteiger partial charge in [-0.25, -0.2) is 0 Å². The number of rotatable bonds is 2. The summed E-state index contributed by atoms with van der Waals surface area (Å²) in [6.07, 6.45) is 1.93. The van der Waals surface area contributed by atoms with Gasteiger partial charge in [-0.15, -0.1) is 12.4 Å². The van der Waals surface area contributed by atoms with E-state index >= 15 is 0 Å². The molecule has 0 aromatic rings. The Kier molecular flexibility index (Phi) is 6.17. The molecule has 90 valence electrons. The third-order valence-corrected chi connectivity index (χ3v) is 3.02. The molecule has 1 fully saturated rings. The molecule has 1 saturated heterocycles. The third kappa shape index (κ3) is 3.63. The van der Waals surface area contributed by atoms with Crippen LogP contribution < -0.4 is 11.5 Å². The first kappa shape index (κ1) is 14.7. The van der Waals surface area contributed by atoms with Gasteiger partial charge in [-0.3, -0.25) is 4.79 Å². The third-order valence-electron chi connectivity index (χ3n) is 3.02. The van der Waals surface area contributed by atoms with Crippen LogP contribution in [0.2, 0.25) is 0 Å². The van der Waals surface area contributed by atoms with E-state index in [4.69, 9.17) is 11.5 Å². The van der Waals surface area contributed by atoms with Gasteiger partial charge in [0.2, 0.25) is 5.91 Å². The summed E-state index contributed by atoms with van der Waals surface area (Å²) in [6.45, 7) is 5.39. The lowest BCUT2D eigenvalue weighted by Crippen LogP contribution is -2.52. The Morgan fingerprint density at radius 3 is 2.67 bits per heavy atom. The molecule has 4 N–H and O–H groups in total. The maximum absolute atomic E-state index is 11.6. The maximum atomic E-state index is 11.6. The van der Waals surface area contributed by atoms with E-state index in [0.717, 1.165) is 25.9 Å². The van der Waals surface area contributed by atoms with Crippen LogP contribution in [0.15, 0.2) is 0 Å². The Morgan fingerprint density at radius 2 is 2.20 bits per heavy atom. The van der Waals surface area contributed by atoms with Crippen LogP contribution in [-0.2, 0) is 4.79 Å². The van der Waals surface area contributed by atoms with Gasteiger partial charge in [-0.05, 0) is 19.3 Å². The summed E-state index contributed by atoms with van der Waals surface area (Å²) < 4.78 is 0. The molecule has 1 aliphatic heterocycles. The van der Waals surface area contributed by atoms with Crippen LogP contribution >= 0.6 is 12.4 Å². The minimum Gasteiger partial charge on any atom is -0.341 e. The van der Waals surface area contributed by atoms with Crippen molar-refractivity contribution in [2.75, 3.05) is 13.1 Å². The van der Waals surface area contributed by atoms with E-state index < -0.39 is 0 Å². The van der Waals surface area contributed by atoms with Crippen molar-refractivity contribution in [3.05, 3.63) is 0 Å². The average Bonchev–Trinajstić information content (AvgIpc) is 2.17. The van der Waals surface area contributed by atoms with Crippen molar-refractivity contribution in [1.82, 2.24) is 4.90 Å². The zero-order valence-corrected chi connectivity index (χ0v) is 10.3. The molecule has 0 aliphatic carbocycles. The van der Waals surface area contributed by atoms with E-state index in [9.17, 15) is 4.79 Å². The van der Waals surface area contributed by atoms with Crippen LogP contribution in [-0.4, -0.2) is 36.0 Å². The zero-order chi connectivity index (χ0) is 10.7. The predicted octanol–water partition coefficient (Wildman–Crippen LogP) is 0.341. The maximum Gasteiger partial charge on any atom is 0.239 e. The standard InChI is InChI=1S/C10H21N3O.ClH/c1-3-8-6-13(5-4-9(8)12)10(14)7(2)11;/h7-9H,3-6,11-12H2,1-2H3;1H. The van der Waals surface area contributed by atoms with Gasteiger partial charge in [-0.2, -0.15) is 0 Å². The highest BCUT2D eigenvalue weighted by Crippen LogP contribution is 2.18. The summed E-state index contributed by atoms with van der Waals surface area (Å²) >= 11 is 0. The number of hydrogen-bond acceptors (Lipinski definition) is 3. The lowest BCUT2D eigenvalue weighted by Gasteiger charge is -2.37. The highest BCUT2D eigenvalue weighted by molar-refractivity contribution is 5.85. The number of amides is 1. The fourth-order valence-corrected chi connectivity index (χ4v) is 1.97. The van der Waals surface area contributed by atoms with E-state index in [-0.39, 0.29) is 30.4 Å². The first-order valence-corrected chi connectivity index (χ1v) is 5.36. The molecule has 1 amide bonds. The molecule has 1 heterocycles. The Morgan fingerprint density at radius 1 is 1.60 bits per heavy atom. The van der Waals surface area contributed by atoms with Gasteiger partial charge >= 0.3 is 0 Å². The summed E-state index contributed by atoms with van der Waals surface area (Å²) in [5.74, 6) is 0.488. The molecule has 3 atom stereocenters. The van der Waals surface area contributed by atoms with E-state index in [0.29, 0.717) is 5.92 Å². The minimum atomic E-state index is -0.387. The Balaban J connectivity index is 0.00000196. The van der Waals surface area contributed by atoms with Gasteiger partial charge in [0, 0.05) is 19.1 Å². The van der Waals surface area contributed by atoms with Crippen molar-refractivity contribution >= 4 is 18.3 Å². The van der Waals surface area contributed by atoms with Crippen molar-refractivity contribution in [3.8, 4) is 0 Å². The van der Waals surface area contributed by atoms with Crippen molar-refractivity contribution < 1.29 is 4.79 Å². The van der Waals surface area contributed by atoms with E-state index in [1.54, 1.807) is 6.92 Å². The number of carbonyl (C=O) groups excluding carboxylic acids is 1. The molecule has 0 saturated carbocycles. The largest absolute Gasteiger partial charge is 0.341 e. The fraction of sp³-hybridized carbons (Fsp3) is 0.900. The number of halogens is 1. The molecule has 0 radical (unpaired) electrons. The molecule has 0 aromatic carbocycles. The van der Waals surface area contributed by atoms with Crippen LogP contribution in [0, 0.1) is 5.92 Å². The van der Waals surface area contributed by atoms with Gasteiger partial charge in [0.05, 0.1) is 6.04 Å². The molecular weight excluding hydrogens is 214 g/mol. The van der Waals surface area contributed by atoms with Crippen LogP contribution in [0.25, 0.3) is 0 Å². The van der Waals surface area contributed by atoms with Gasteiger partial charge in [0.25, 0.3) is 0 Å². The average molecular weight is 236 g/mol. The number of nitrogens with two attached hydrogens (primary N) is 2. The Labute approximate surface area is 97.8 Å². The number of nitrogens with zero attached hydrogens (tertiary/aromatic N) is 1. The topological polar surface area (TPSA) is 72.3 Å². The van der Waals surface area contributed by atoms with Crippen molar-refractivity contribution in [2.45, 2.75) is 38.8 Å². The van der Waals surface area contributed by atoms with Crippen LogP contribution in [0.1, 0.15) is 26.7 Å². The number of hydrogen-bond donors (Lipinski definition) is 2. The summed E-state index contributed by atoms with van der Waals surface area (Å²) in [7, 11) is 0. The van der Waals surface area contributed by atoms with Crippen LogP contribution in [0.4, 0.5) is 0 Å². The molecule has 1 rings (SSSR count). The zero-order valence-electron chi connectivity index (χ0n) is 9.48. The first-order valence-electron chi connectivity index (χ1n) is 5.36. The van der Waals surface area contributed by atoms with Crippen LogP contribution in [0.5, 0.6) is 0 Å². The lowest BCUT2D eigenvalue weighted by molar-refractivity contribution is -0.134. The minimum absolute atomic E-state index is 0. The first-order chi connectivity index (χ1) is 6.56. The number of carbonyl (C=O) groups is 1. The molecule has 5 heteroatoms. The number of likely N-dealkylation sites (tertiary alicyclic amines) is 1. The second-order valence-electron chi connectivity index (χ2n) is 4.19. The highest BCUT2D eigenvalue weighted by Gasteiger charge is 2.28. The molecule has 4 nitrogen and oxygen atoms in total. The van der Waals surface area contributed by atoms with Gasteiger partial charge in [-0.1, -0.05) is 13.3 Å². The second-order valence-corrected chi connectivity index (χ2v) is 4.19. The second kappa shape index (κ2) is 6.30. The normalized spacial score (nSPS) is 28.1. The monoisotopic (exact) mass is 235 g/mol. The van der Waals surface area contributed by atoms with Crippen molar-refractivity contribution in [1.29, 1.82) is 0 Å². The molecule has 1 aliphatic rings. The number of piperidine rings is 1. The summed E-state index contributed by atoms with van der Waals surface area (Å²) in [5.41, 5.74) is 11.5. The lowest BCUT2D eigenvalue weighted by atomic mass is 9.90. The van der Waals surface area contributed by atoms with Gasteiger partial charge < -0.3 is 16.4 Å². The van der Waals surface area contributed by atoms with Gasteiger partial charge in [0.15, 0.2) is 0 Å². The van der Waals surface area contributed by atoms with Crippen molar-refractivity contribution in [3.63, 3.8) is 0 Å². The Bertz CT molecular complexity index is 211. The van der Waals surface area contributed by atoms with E-state index in [1.807, 2.05) is 4.90 Å².